The molecule has 0 unspecified atom stereocenters. The molecule has 0 aromatic heterocycles. The summed E-state index contributed by atoms with van der Waals surface area (Å²) in [7, 11) is -2.39. The number of hydrogen-bond donors (Lipinski definition) is 1. The number of methoxy groups -OCH3 is 1. The molecule has 10 heteroatoms. The van der Waals surface area contributed by atoms with Gasteiger partial charge in [0.1, 0.15) is 0 Å². The van der Waals surface area contributed by atoms with Crippen LogP contribution in [0.1, 0.15) is 26.3 Å². The summed E-state index contributed by atoms with van der Waals surface area (Å²) in [5.74, 6) is -2.05. The number of rotatable bonds is 8. The Balaban J connectivity index is 2.25. The number of benzene rings is 2. The van der Waals surface area contributed by atoms with E-state index in [9.17, 15) is 22.0 Å². The number of carbonyl (C=O) groups is 1. The number of hydrogen-bond acceptors (Lipinski definition) is 5. The highest BCUT2D eigenvalue weighted by atomic mass is 32.2. The van der Waals surface area contributed by atoms with Crippen molar-refractivity contribution >= 4 is 21.8 Å². The van der Waals surface area contributed by atoms with Gasteiger partial charge >= 0.3 is 16.1 Å². The van der Waals surface area contributed by atoms with Crippen molar-refractivity contribution in [3.05, 3.63) is 53.6 Å². The first kappa shape index (κ1) is 23.4. The molecule has 0 aliphatic rings. The van der Waals surface area contributed by atoms with E-state index >= 15 is 0 Å². The van der Waals surface area contributed by atoms with E-state index in [1.807, 2.05) is 0 Å². The molecular weight excluding hydrogens is 418 g/mol. The van der Waals surface area contributed by atoms with Gasteiger partial charge in [-0.15, -0.1) is 0 Å². The molecular formula is C20H24F2N2O5S. The van der Waals surface area contributed by atoms with Crippen LogP contribution in [0.15, 0.2) is 36.4 Å². The zero-order chi connectivity index (χ0) is 22.5. The van der Waals surface area contributed by atoms with Gasteiger partial charge < -0.3 is 19.1 Å². The number of amides is 2. The number of ether oxygens (including phenoxy) is 1. The fourth-order valence-electron chi connectivity index (χ4n) is 2.54. The Kier molecular flexibility index (Phi) is 7.60. The van der Waals surface area contributed by atoms with E-state index < -0.39 is 27.8 Å². The lowest BCUT2D eigenvalue weighted by atomic mass is 10.1. The van der Waals surface area contributed by atoms with Crippen LogP contribution in [0.3, 0.4) is 0 Å². The Hall–Kier alpha value is -2.88. The van der Waals surface area contributed by atoms with E-state index in [4.69, 9.17) is 8.92 Å². The molecule has 164 valence electrons. The molecule has 0 atom stereocenters. The van der Waals surface area contributed by atoms with E-state index in [-0.39, 0.29) is 35.5 Å². The fourth-order valence-corrected chi connectivity index (χ4v) is 3.06. The molecule has 0 bridgehead atoms. The molecule has 2 aromatic rings. The minimum atomic E-state index is -3.77. The molecule has 0 heterocycles. The highest BCUT2D eigenvalue weighted by molar-refractivity contribution is 7.87. The van der Waals surface area contributed by atoms with Crippen LogP contribution in [0.25, 0.3) is 0 Å². The summed E-state index contributed by atoms with van der Waals surface area (Å²) in [6.45, 7) is 5.13. The molecule has 1 N–H and O–H groups in total. The Labute approximate surface area is 174 Å². The SMILES string of the molecule is CCS(=O)(=O)Oc1cc(CN(C(=O)Nc2ccc(F)c(F)c2)C(C)C)ccc1OC. The topological polar surface area (TPSA) is 84.9 Å². The average Bonchev–Trinajstić information content (AvgIpc) is 2.68. The van der Waals surface area contributed by atoms with Crippen LogP contribution in [0.5, 0.6) is 11.5 Å². The van der Waals surface area contributed by atoms with Gasteiger partial charge in [-0.25, -0.2) is 13.6 Å². The van der Waals surface area contributed by atoms with E-state index in [2.05, 4.69) is 5.32 Å². The van der Waals surface area contributed by atoms with Crippen LogP contribution >= 0.6 is 0 Å². The highest BCUT2D eigenvalue weighted by Crippen LogP contribution is 2.30. The summed E-state index contributed by atoms with van der Waals surface area (Å²) >= 11 is 0. The standard InChI is InChI=1S/C20H24F2N2O5S/c1-5-30(26,27)29-19-10-14(6-9-18(19)28-4)12-24(13(2)3)20(25)23-15-7-8-16(21)17(22)11-15/h6-11,13H,5,12H2,1-4H3,(H,23,25). The molecule has 2 aromatic carbocycles. The predicted octanol–water partition coefficient (Wildman–Crippen LogP) is 4.14. The lowest BCUT2D eigenvalue weighted by Gasteiger charge is -2.27. The molecule has 0 aliphatic heterocycles. The minimum Gasteiger partial charge on any atom is -0.493 e. The molecule has 7 nitrogen and oxygen atoms in total. The first-order chi connectivity index (χ1) is 14.1. The van der Waals surface area contributed by atoms with Crippen molar-refractivity contribution in [2.45, 2.75) is 33.4 Å². The van der Waals surface area contributed by atoms with E-state index in [0.717, 1.165) is 12.1 Å². The van der Waals surface area contributed by atoms with Crippen LogP contribution in [0.4, 0.5) is 19.3 Å². The third kappa shape index (κ3) is 6.06. The molecule has 0 saturated heterocycles. The minimum absolute atomic E-state index is 0.0153. The normalized spacial score (nSPS) is 11.3. The quantitative estimate of drug-likeness (QED) is 0.621. The van der Waals surface area contributed by atoms with Crippen molar-refractivity contribution in [3.63, 3.8) is 0 Å². The summed E-state index contributed by atoms with van der Waals surface area (Å²) in [6.07, 6.45) is 0. The summed E-state index contributed by atoms with van der Waals surface area (Å²) < 4.78 is 60.4. The van der Waals surface area contributed by atoms with Crippen molar-refractivity contribution in [2.24, 2.45) is 0 Å². The third-order valence-corrected chi connectivity index (χ3v) is 5.35. The summed E-state index contributed by atoms with van der Waals surface area (Å²) in [6, 6.07) is 6.98. The van der Waals surface area contributed by atoms with Crippen LogP contribution in [0, 0.1) is 11.6 Å². The van der Waals surface area contributed by atoms with Gasteiger partial charge in [0.05, 0.1) is 12.9 Å². The van der Waals surface area contributed by atoms with Gasteiger partial charge in [0.2, 0.25) is 0 Å². The maximum atomic E-state index is 13.4. The molecule has 0 spiro atoms. The smallest absolute Gasteiger partial charge is 0.322 e. The van der Waals surface area contributed by atoms with Gasteiger partial charge in [0.15, 0.2) is 23.1 Å². The zero-order valence-electron chi connectivity index (χ0n) is 17.1. The number of urea groups is 1. The van der Waals surface area contributed by atoms with Gasteiger partial charge in [-0.1, -0.05) is 6.07 Å². The molecule has 30 heavy (non-hydrogen) atoms. The fraction of sp³-hybridized carbons (Fsp3) is 0.350. The maximum Gasteiger partial charge on any atom is 0.322 e. The van der Waals surface area contributed by atoms with Crippen LogP contribution < -0.4 is 14.2 Å². The monoisotopic (exact) mass is 442 g/mol. The summed E-state index contributed by atoms with van der Waals surface area (Å²) in [4.78, 5) is 14.1. The molecule has 2 rings (SSSR count). The summed E-state index contributed by atoms with van der Waals surface area (Å²) in [5.41, 5.74) is 0.698. The van der Waals surface area contributed by atoms with Crippen molar-refractivity contribution in [1.82, 2.24) is 4.90 Å². The van der Waals surface area contributed by atoms with Gasteiger partial charge in [-0.05, 0) is 50.6 Å². The summed E-state index contributed by atoms with van der Waals surface area (Å²) in [5, 5.41) is 2.52. The van der Waals surface area contributed by atoms with Gasteiger partial charge in [-0.2, -0.15) is 8.42 Å². The lowest BCUT2D eigenvalue weighted by Crippen LogP contribution is -2.39. The lowest BCUT2D eigenvalue weighted by molar-refractivity contribution is 0.193. The van der Waals surface area contributed by atoms with Crippen molar-refractivity contribution in [2.75, 3.05) is 18.2 Å². The molecule has 0 saturated carbocycles. The Morgan fingerprint density at radius 1 is 1.10 bits per heavy atom. The first-order valence-corrected chi connectivity index (χ1v) is 10.8. The van der Waals surface area contributed by atoms with Crippen molar-refractivity contribution in [1.29, 1.82) is 0 Å². The van der Waals surface area contributed by atoms with Crippen LogP contribution in [-0.4, -0.2) is 38.3 Å². The number of anilines is 1. The highest BCUT2D eigenvalue weighted by Gasteiger charge is 2.20. The Bertz CT molecular complexity index is 1010. The molecule has 2 amide bonds. The Morgan fingerprint density at radius 2 is 1.80 bits per heavy atom. The number of nitrogens with one attached hydrogen (secondary N) is 1. The molecule has 0 radical (unpaired) electrons. The van der Waals surface area contributed by atoms with Crippen LogP contribution in [-0.2, 0) is 16.7 Å². The van der Waals surface area contributed by atoms with Gasteiger partial charge in [0, 0.05) is 24.3 Å². The van der Waals surface area contributed by atoms with E-state index in [0.29, 0.717) is 5.56 Å². The molecule has 0 aliphatic carbocycles. The maximum absolute atomic E-state index is 13.4. The van der Waals surface area contributed by atoms with Crippen molar-refractivity contribution in [3.8, 4) is 11.5 Å². The first-order valence-electron chi connectivity index (χ1n) is 9.18. The second kappa shape index (κ2) is 9.75. The number of carbonyl (C=O) groups excluding carboxylic acids is 1. The largest absolute Gasteiger partial charge is 0.493 e. The van der Waals surface area contributed by atoms with E-state index in [1.54, 1.807) is 26.0 Å². The average molecular weight is 442 g/mol. The van der Waals surface area contributed by atoms with Crippen LogP contribution in [0.2, 0.25) is 0 Å². The van der Waals surface area contributed by atoms with E-state index in [1.165, 1.54) is 31.1 Å². The Morgan fingerprint density at radius 3 is 2.37 bits per heavy atom. The van der Waals surface area contributed by atoms with Gasteiger partial charge in [-0.3, -0.25) is 0 Å². The number of nitrogens with zero attached hydrogens (tertiary/aromatic N) is 1. The predicted molar refractivity (Wildman–Crippen MR) is 109 cm³/mol. The third-order valence-electron chi connectivity index (χ3n) is 4.21. The van der Waals surface area contributed by atoms with Gasteiger partial charge in [0.25, 0.3) is 0 Å². The second-order valence-electron chi connectivity index (χ2n) is 6.70. The number of halogens is 2. The second-order valence-corrected chi connectivity index (χ2v) is 8.55. The zero-order valence-corrected chi connectivity index (χ0v) is 17.9. The van der Waals surface area contributed by atoms with Crippen molar-refractivity contribution < 1.29 is 30.9 Å². The molecule has 0 fully saturated rings.